The predicted octanol–water partition coefficient (Wildman–Crippen LogP) is 2.81. The lowest BCUT2D eigenvalue weighted by Crippen LogP contribution is -2.28. The Morgan fingerprint density at radius 1 is 1.33 bits per heavy atom. The lowest BCUT2D eigenvalue weighted by Gasteiger charge is -2.06. The largest absolute Gasteiger partial charge is 0.334 e. The maximum absolute atomic E-state index is 11.5. The summed E-state index contributed by atoms with van der Waals surface area (Å²) >= 11 is 5.45. The second-order valence-corrected chi connectivity index (χ2v) is 3.91. The maximum atomic E-state index is 11.5. The number of rotatable bonds is 5. The number of allylic oxidation sites excluding steroid dienone is 1. The Morgan fingerprint density at radius 3 is 2.78 bits per heavy atom. The molecule has 0 aliphatic rings. The molecule has 1 rings (SSSR count). The first-order chi connectivity index (χ1) is 8.63. The quantitative estimate of drug-likeness (QED) is 0.489. The summed E-state index contributed by atoms with van der Waals surface area (Å²) in [6.07, 6.45) is 3.51. The van der Waals surface area contributed by atoms with Gasteiger partial charge in [0.2, 0.25) is 0 Å². The summed E-state index contributed by atoms with van der Waals surface area (Å²) in [5.41, 5.74) is 1.15. The van der Waals surface area contributed by atoms with Crippen LogP contribution >= 0.6 is 11.6 Å². The number of urea groups is 1. The Kier molecular flexibility index (Phi) is 5.94. The Bertz CT molecular complexity index is 458. The molecule has 5 heteroatoms. The van der Waals surface area contributed by atoms with E-state index >= 15 is 0 Å². The van der Waals surface area contributed by atoms with E-state index in [9.17, 15) is 9.59 Å². The molecule has 0 atom stereocenters. The standard InChI is InChI=1S/C13H15ClN2O2/c1-10(17)11-5-4-6-12(9-11)16-13(18)15-8-3-2-7-14/h2-6,9H,7-8H2,1H3,(H2,15,16,18)/b3-2+. The highest BCUT2D eigenvalue weighted by atomic mass is 35.5. The van der Waals surface area contributed by atoms with E-state index in [4.69, 9.17) is 11.6 Å². The van der Waals surface area contributed by atoms with Gasteiger partial charge in [0.05, 0.1) is 0 Å². The van der Waals surface area contributed by atoms with E-state index in [1.807, 2.05) is 0 Å². The highest BCUT2D eigenvalue weighted by Gasteiger charge is 2.03. The van der Waals surface area contributed by atoms with Gasteiger partial charge in [0.25, 0.3) is 0 Å². The number of Topliss-reactive ketones (excluding diaryl/α,β-unsaturated/α-hetero) is 1. The number of halogens is 1. The van der Waals surface area contributed by atoms with Gasteiger partial charge in [0.15, 0.2) is 5.78 Å². The zero-order valence-corrected chi connectivity index (χ0v) is 10.8. The molecule has 0 bridgehead atoms. The number of alkyl halides is 1. The van der Waals surface area contributed by atoms with Crippen LogP contribution < -0.4 is 10.6 Å². The number of hydrogen-bond acceptors (Lipinski definition) is 2. The minimum atomic E-state index is -0.324. The second-order valence-electron chi connectivity index (χ2n) is 3.60. The van der Waals surface area contributed by atoms with E-state index in [2.05, 4.69) is 10.6 Å². The lowest BCUT2D eigenvalue weighted by molar-refractivity contribution is 0.101. The Morgan fingerprint density at radius 2 is 2.11 bits per heavy atom. The average Bonchev–Trinajstić information content (AvgIpc) is 2.35. The van der Waals surface area contributed by atoms with Gasteiger partial charge in [0.1, 0.15) is 0 Å². The molecule has 4 nitrogen and oxygen atoms in total. The number of carbonyl (C=O) groups excluding carboxylic acids is 2. The summed E-state index contributed by atoms with van der Waals surface area (Å²) < 4.78 is 0. The number of amides is 2. The predicted molar refractivity (Wildman–Crippen MR) is 73.3 cm³/mol. The van der Waals surface area contributed by atoms with E-state index in [0.29, 0.717) is 23.7 Å². The molecule has 2 N–H and O–H groups in total. The van der Waals surface area contributed by atoms with Gasteiger partial charge in [-0.3, -0.25) is 4.79 Å². The number of hydrogen-bond donors (Lipinski definition) is 2. The SMILES string of the molecule is CC(=O)c1cccc(NC(=O)NC/C=C/CCl)c1. The number of carbonyl (C=O) groups is 2. The van der Waals surface area contributed by atoms with Crippen LogP contribution in [-0.4, -0.2) is 24.2 Å². The van der Waals surface area contributed by atoms with Gasteiger partial charge in [-0.05, 0) is 19.1 Å². The van der Waals surface area contributed by atoms with Crippen molar-refractivity contribution in [2.24, 2.45) is 0 Å². The van der Waals surface area contributed by atoms with Crippen molar-refractivity contribution >= 4 is 29.1 Å². The fraction of sp³-hybridized carbons (Fsp3) is 0.231. The van der Waals surface area contributed by atoms with Crippen molar-refractivity contribution in [1.29, 1.82) is 0 Å². The van der Waals surface area contributed by atoms with Crippen LogP contribution in [0.1, 0.15) is 17.3 Å². The number of ketones is 1. The van der Waals surface area contributed by atoms with Crippen molar-refractivity contribution < 1.29 is 9.59 Å². The summed E-state index contributed by atoms with van der Waals surface area (Å²) in [4.78, 5) is 22.7. The van der Waals surface area contributed by atoms with Gasteiger partial charge in [-0.15, -0.1) is 11.6 Å². The summed E-state index contributed by atoms with van der Waals surface area (Å²) in [7, 11) is 0. The molecule has 0 saturated heterocycles. The molecule has 0 aromatic heterocycles. The molecule has 0 saturated carbocycles. The summed E-state index contributed by atoms with van der Waals surface area (Å²) in [6.45, 7) is 1.89. The topological polar surface area (TPSA) is 58.2 Å². The minimum Gasteiger partial charge on any atom is -0.334 e. The molecule has 1 aromatic carbocycles. The van der Waals surface area contributed by atoms with E-state index < -0.39 is 0 Å². The number of benzene rings is 1. The fourth-order valence-electron chi connectivity index (χ4n) is 1.29. The smallest absolute Gasteiger partial charge is 0.319 e. The van der Waals surface area contributed by atoms with Crippen LogP contribution in [-0.2, 0) is 0 Å². The van der Waals surface area contributed by atoms with Gasteiger partial charge in [0, 0.05) is 23.7 Å². The van der Waals surface area contributed by atoms with Crippen LogP contribution in [0.3, 0.4) is 0 Å². The average molecular weight is 267 g/mol. The number of nitrogens with one attached hydrogen (secondary N) is 2. The first kappa shape index (κ1) is 14.3. The van der Waals surface area contributed by atoms with Crippen molar-refractivity contribution in [3.63, 3.8) is 0 Å². The van der Waals surface area contributed by atoms with Crippen LogP contribution in [0, 0.1) is 0 Å². The molecular weight excluding hydrogens is 252 g/mol. The van der Waals surface area contributed by atoms with Crippen molar-refractivity contribution in [2.75, 3.05) is 17.7 Å². The van der Waals surface area contributed by atoms with Crippen molar-refractivity contribution in [3.05, 3.63) is 42.0 Å². The monoisotopic (exact) mass is 266 g/mol. The highest BCUT2D eigenvalue weighted by molar-refractivity contribution is 6.18. The van der Waals surface area contributed by atoms with E-state index in [1.165, 1.54) is 6.92 Å². The molecule has 0 aliphatic heterocycles. The third-order valence-electron chi connectivity index (χ3n) is 2.16. The highest BCUT2D eigenvalue weighted by Crippen LogP contribution is 2.10. The first-order valence-electron chi connectivity index (χ1n) is 5.50. The van der Waals surface area contributed by atoms with Crippen molar-refractivity contribution in [2.45, 2.75) is 6.92 Å². The number of anilines is 1. The van der Waals surface area contributed by atoms with E-state index in [1.54, 1.807) is 36.4 Å². The van der Waals surface area contributed by atoms with Crippen LogP contribution in [0.2, 0.25) is 0 Å². The zero-order chi connectivity index (χ0) is 13.4. The van der Waals surface area contributed by atoms with Gasteiger partial charge in [-0.2, -0.15) is 0 Å². The molecule has 18 heavy (non-hydrogen) atoms. The molecule has 0 spiro atoms. The zero-order valence-electron chi connectivity index (χ0n) is 10.1. The van der Waals surface area contributed by atoms with Crippen LogP contribution in [0.4, 0.5) is 10.5 Å². The molecule has 0 radical (unpaired) electrons. The van der Waals surface area contributed by atoms with Gasteiger partial charge in [-0.1, -0.05) is 24.3 Å². The van der Waals surface area contributed by atoms with Crippen LogP contribution in [0.5, 0.6) is 0 Å². The van der Waals surface area contributed by atoms with Crippen molar-refractivity contribution in [1.82, 2.24) is 5.32 Å². The lowest BCUT2D eigenvalue weighted by atomic mass is 10.1. The summed E-state index contributed by atoms with van der Waals surface area (Å²) in [5, 5.41) is 5.28. The molecule has 1 aromatic rings. The summed E-state index contributed by atoms with van der Waals surface area (Å²) in [6, 6.07) is 6.46. The third-order valence-corrected chi connectivity index (χ3v) is 2.34. The molecule has 2 amide bonds. The van der Waals surface area contributed by atoms with E-state index in [0.717, 1.165) is 0 Å². The summed E-state index contributed by atoms with van der Waals surface area (Å²) in [5.74, 6) is 0.383. The van der Waals surface area contributed by atoms with Crippen molar-refractivity contribution in [3.8, 4) is 0 Å². The molecular formula is C13H15ClN2O2. The Hall–Kier alpha value is -1.81. The molecule has 0 fully saturated rings. The molecule has 0 aliphatic carbocycles. The van der Waals surface area contributed by atoms with E-state index in [-0.39, 0.29) is 11.8 Å². The second kappa shape index (κ2) is 7.50. The first-order valence-corrected chi connectivity index (χ1v) is 6.03. The fourth-order valence-corrected chi connectivity index (χ4v) is 1.42. The van der Waals surface area contributed by atoms with Crippen LogP contribution in [0.15, 0.2) is 36.4 Å². The normalized spacial score (nSPS) is 10.3. The van der Waals surface area contributed by atoms with Gasteiger partial charge in [-0.25, -0.2) is 4.79 Å². The minimum absolute atomic E-state index is 0.0379. The third kappa shape index (κ3) is 5.01. The van der Waals surface area contributed by atoms with Gasteiger partial charge < -0.3 is 10.6 Å². The molecule has 0 heterocycles. The molecule has 0 unspecified atom stereocenters. The maximum Gasteiger partial charge on any atom is 0.319 e. The Labute approximate surface area is 111 Å². The van der Waals surface area contributed by atoms with Crippen LogP contribution in [0.25, 0.3) is 0 Å². The molecule has 96 valence electrons. The van der Waals surface area contributed by atoms with Gasteiger partial charge >= 0.3 is 6.03 Å². The Balaban J connectivity index is 2.51.